The second kappa shape index (κ2) is 4.44. The Morgan fingerprint density at radius 3 is 3.06 bits per heavy atom. The van der Waals surface area contributed by atoms with Crippen molar-refractivity contribution >= 4 is 11.4 Å². The zero-order chi connectivity index (χ0) is 11.5. The molecule has 1 aromatic carbocycles. The van der Waals surface area contributed by atoms with Gasteiger partial charge in [-0.15, -0.1) is 0 Å². The first kappa shape index (κ1) is 10.8. The van der Waals surface area contributed by atoms with Gasteiger partial charge in [0.15, 0.2) is 0 Å². The molecule has 0 bridgehead atoms. The molecule has 0 spiro atoms. The predicted molar refractivity (Wildman–Crippen MR) is 66.7 cm³/mol. The van der Waals surface area contributed by atoms with Gasteiger partial charge in [-0.1, -0.05) is 6.92 Å². The second-order valence-electron chi connectivity index (χ2n) is 4.22. The van der Waals surface area contributed by atoms with Gasteiger partial charge in [0.1, 0.15) is 0 Å². The van der Waals surface area contributed by atoms with Crippen molar-refractivity contribution in [2.75, 3.05) is 23.3 Å². The van der Waals surface area contributed by atoms with Crippen molar-refractivity contribution in [2.45, 2.75) is 26.3 Å². The number of hydrogen-bond donors (Lipinski definition) is 1. The highest BCUT2D eigenvalue weighted by molar-refractivity contribution is 5.74. The van der Waals surface area contributed by atoms with Gasteiger partial charge in [0.2, 0.25) is 0 Å². The summed E-state index contributed by atoms with van der Waals surface area (Å²) in [5, 5.41) is 12.3. The first-order valence-corrected chi connectivity index (χ1v) is 5.81. The van der Waals surface area contributed by atoms with E-state index in [9.17, 15) is 0 Å². The molecule has 16 heavy (non-hydrogen) atoms. The van der Waals surface area contributed by atoms with Gasteiger partial charge in [0, 0.05) is 19.1 Å². The van der Waals surface area contributed by atoms with Gasteiger partial charge in [-0.25, -0.2) is 0 Å². The highest BCUT2D eigenvalue weighted by Crippen LogP contribution is 2.31. The Hall–Kier alpha value is -1.69. The lowest BCUT2D eigenvalue weighted by molar-refractivity contribution is 0.616. The van der Waals surface area contributed by atoms with Crippen LogP contribution in [0.4, 0.5) is 11.4 Å². The average molecular weight is 215 g/mol. The van der Waals surface area contributed by atoms with Gasteiger partial charge in [-0.2, -0.15) is 5.26 Å². The van der Waals surface area contributed by atoms with E-state index in [1.54, 1.807) is 0 Å². The summed E-state index contributed by atoms with van der Waals surface area (Å²) in [4.78, 5) is 2.38. The van der Waals surface area contributed by atoms with E-state index < -0.39 is 0 Å². The van der Waals surface area contributed by atoms with Crippen LogP contribution in [0.3, 0.4) is 0 Å². The molecule has 0 radical (unpaired) electrons. The Kier molecular flexibility index (Phi) is 3.00. The zero-order valence-electron chi connectivity index (χ0n) is 9.83. The monoisotopic (exact) mass is 215 g/mol. The maximum Gasteiger partial charge on any atom is 0.0992 e. The summed E-state index contributed by atoms with van der Waals surface area (Å²) in [5.41, 5.74) is 3.04. The van der Waals surface area contributed by atoms with Crippen LogP contribution in [0.1, 0.15) is 25.8 Å². The van der Waals surface area contributed by atoms with E-state index in [2.05, 4.69) is 30.1 Å². The topological polar surface area (TPSA) is 39.1 Å². The highest BCUT2D eigenvalue weighted by atomic mass is 15.2. The zero-order valence-corrected chi connectivity index (χ0v) is 9.83. The fourth-order valence-electron chi connectivity index (χ4n) is 2.10. The molecule has 1 aliphatic rings. The molecule has 0 saturated heterocycles. The van der Waals surface area contributed by atoms with Crippen molar-refractivity contribution in [1.29, 1.82) is 5.26 Å². The third-order valence-electron chi connectivity index (χ3n) is 3.23. The van der Waals surface area contributed by atoms with Gasteiger partial charge >= 0.3 is 0 Å². The van der Waals surface area contributed by atoms with Crippen LogP contribution < -0.4 is 10.2 Å². The molecule has 1 aromatic rings. The fraction of sp³-hybridized carbons (Fsp3) is 0.462. The smallest absolute Gasteiger partial charge is 0.0992 e. The molecule has 1 aliphatic heterocycles. The van der Waals surface area contributed by atoms with Crippen LogP contribution in [-0.2, 0) is 0 Å². The van der Waals surface area contributed by atoms with Crippen molar-refractivity contribution in [3.63, 3.8) is 0 Å². The van der Waals surface area contributed by atoms with E-state index in [4.69, 9.17) is 5.26 Å². The van der Waals surface area contributed by atoms with Crippen LogP contribution in [0.15, 0.2) is 18.2 Å². The lowest BCUT2D eigenvalue weighted by atomic mass is 10.1. The maximum absolute atomic E-state index is 8.93. The SMILES string of the molecule is CCC(C)N1CCNc2ccc(C#N)cc21. The minimum Gasteiger partial charge on any atom is -0.382 e. The summed E-state index contributed by atoms with van der Waals surface area (Å²) in [6.45, 7) is 6.41. The molecule has 0 amide bonds. The number of fused-ring (bicyclic) bond motifs is 1. The number of hydrogen-bond acceptors (Lipinski definition) is 3. The minimum absolute atomic E-state index is 0.523. The van der Waals surface area contributed by atoms with Crippen LogP contribution >= 0.6 is 0 Å². The van der Waals surface area contributed by atoms with Crippen molar-refractivity contribution in [2.24, 2.45) is 0 Å². The Labute approximate surface area is 96.7 Å². The van der Waals surface area contributed by atoms with Crippen molar-refractivity contribution in [1.82, 2.24) is 0 Å². The average Bonchev–Trinajstić information content (AvgIpc) is 2.36. The first-order valence-electron chi connectivity index (χ1n) is 5.81. The molecule has 1 heterocycles. The molecular formula is C13H17N3. The van der Waals surface area contributed by atoms with Gasteiger partial charge < -0.3 is 10.2 Å². The Morgan fingerprint density at radius 2 is 2.38 bits per heavy atom. The van der Waals surface area contributed by atoms with Crippen molar-refractivity contribution in [3.8, 4) is 6.07 Å². The van der Waals surface area contributed by atoms with Crippen LogP contribution in [0.25, 0.3) is 0 Å². The number of nitrogens with zero attached hydrogens (tertiary/aromatic N) is 2. The van der Waals surface area contributed by atoms with Gasteiger partial charge in [0.25, 0.3) is 0 Å². The van der Waals surface area contributed by atoms with E-state index in [1.165, 1.54) is 5.69 Å². The molecule has 2 rings (SSSR count). The number of rotatable bonds is 2. The Balaban J connectivity index is 2.40. The highest BCUT2D eigenvalue weighted by Gasteiger charge is 2.20. The lowest BCUT2D eigenvalue weighted by Crippen LogP contribution is -2.40. The molecule has 0 saturated carbocycles. The summed E-state index contributed by atoms with van der Waals surface area (Å²) >= 11 is 0. The van der Waals surface area contributed by atoms with Crippen LogP contribution in [-0.4, -0.2) is 19.1 Å². The summed E-state index contributed by atoms with van der Waals surface area (Å²) in [6, 6.07) is 8.57. The predicted octanol–water partition coefficient (Wildman–Crippen LogP) is 2.59. The van der Waals surface area contributed by atoms with Crippen LogP contribution in [0.2, 0.25) is 0 Å². The van der Waals surface area contributed by atoms with Crippen molar-refractivity contribution < 1.29 is 0 Å². The van der Waals surface area contributed by atoms with Crippen LogP contribution in [0, 0.1) is 11.3 Å². The Bertz CT molecular complexity index is 420. The first-order chi connectivity index (χ1) is 7.76. The third kappa shape index (κ3) is 1.83. The molecule has 0 fully saturated rings. The Morgan fingerprint density at radius 1 is 1.56 bits per heavy atom. The molecule has 1 N–H and O–H groups in total. The maximum atomic E-state index is 8.93. The molecule has 3 nitrogen and oxygen atoms in total. The molecule has 0 aliphatic carbocycles. The van der Waals surface area contributed by atoms with Gasteiger partial charge in [-0.3, -0.25) is 0 Å². The van der Waals surface area contributed by atoms with E-state index in [0.29, 0.717) is 6.04 Å². The van der Waals surface area contributed by atoms with E-state index in [1.807, 2.05) is 18.2 Å². The fourth-order valence-corrected chi connectivity index (χ4v) is 2.10. The van der Waals surface area contributed by atoms with Crippen molar-refractivity contribution in [3.05, 3.63) is 23.8 Å². The summed E-state index contributed by atoms with van der Waals surface area (Å²) in [5.74, 6) is 0. The number of anilines is 2. The second-order valence-corrected chi connectivity index (χ2v) is 4.22. The minimum atomic E-state index is 0.523. The third-order valence-corrected chi connectivity index (χ3v) is 3.23. The summed E-state index contributed by atoms with van der Waals surface area (Å²) < 4.78 is 0. The molecular weight excluding hydrogens is 198 g/mol. The number of nitrogens with one attached hydrogen (secondary N) is 1. The molecule has 84 valence electrons. The molecule has 1 unspecified atom stereocenters. The van der Waals surface area contributed by atoms with E-state index >= 15 is 0 Å². The van der Waals surface area contributed by atoms with Gasteiger partial charge in [0.05, 0.1) is 23.0 Å². The standard InChI is InChI=1S/C13H17N3/c1-3-10(2)16-7-6-15-12-5-4-11(9-14)8-13(12)16/h4-5,8,10,15H,3,6-7H2,1-2H3. The van der Waals surface area contributed by atoms with E-state index in [0.717, 1.165) is 30.8 Å². The number of nitriles is 1. The molecule has 3 heteroatoms. The van der Waals surface area contributed by atoms with Crippen LogP contribution in [0.5, 0.6) is 0 Å². The normalized spacial score (nSPS) is 15.9. The lowest BCUT2D eigenvalue weighted by Gasteiger charge is -2.36. The molecule has 0 aromatic heterocycles. The molecule has 1 atom stereocenters. The summed E-state index contributed by atoms with van der Waals surface area (Å²) in [6.07, 6.45) is 1.12. The largest absolute Gasteiger partial charge is 0.382 e. The quantitative estimate of drug-likeness (QED) is 0.824. The number of benzene rings is 1. The van der Waals surface area contributed by atoms with E-state index in [-0.39, 0.29) is 0 Å². The summed E-state index contributed by atoms with van der Waals surface area (Å²) in [7, 11) is 0. The van der Waals surface area contributed by atoms with Gasteiger partial charge in [-0.05, 0) is 31.5 Å².